The molecule has 2 N–H and O–H groups in total. The molecule has 0 saturated carbocycles. The first-order valence-electron chi connectivity index (χ1n) is 7.83. The fourth-order valence-electron chi connectivity index (χ4n) is 2.60. The number of amides is 1. The molecule has 3 rings (SSSR count). The molecular weight excluding hydrogens is 366 g/mol. The SMILES string of the molecule is Cc1[nH]n(-c2ccc(C(=O)NS(C)=O)cn2)c(=O)c1-c1ccc(C#N)cc1. The molecule has 136 valence electrons. The molecule has 0 radical (unpaired) electrons. The van der Waals surface area contributed by atoms with Crippen molar-refractivity contribution in [2.45, 2.75) is 6.92 Å². The Balaban J connectivity index is 1.96. The molecule has 0 aliphatic carbocycles. The molecule has 1 amide bonds. The van der Waals surface area contributed by atoms with E-state index in [1.54, 1.807) is 31.2 Å². The lowest BCUT2D eigenvalue weighted by Gasteiger charge is -2.03. The van der Waals surface area contributed by atoms with Crippen LogP contribution in [0.5, 0.6) is 0 Å². The van der Waals surface area contributed by atoms with Crippen molar-refractivity contribution < 1.29 is 9.00 Å². The number of carbonyl (C=O) groups is 1. The predicted octanol–water partition coefficient (Wildman–Crippen LogP) is 1.43. The maximum absolute atomic E-state index is 12.8. The van der Waals surface area contributed by atoms with Crippen LogP contribution in [0.15, 0.2) is 47.4 Å². The average Bonchev–Trinajstić information content (AvgIpc) is 2.95. The summed E-state index contributed by atoms with van der Waals surface area (Å²) in [5.74, 6) is -0.194. The van der Waals surface area contributed by atoms with Gasteiger partial charge in [0, 0.05) is 18.1 Å². The zero-order chi connectivity index (χ0) is 19.6. The van der Waals surface area contributed by atoms with E-state index >= 15 is 0 Å². The van der Waals surface area contributed by atoms with Crippen molar-refractivity contribution in [1.29, 1.82) is 5.26 Å². The van der Waals surface area contributed by atoms with Crippen LogP contribution in [0.2, 0.25) is 0 Å². The second kappa shape index (κ2) is 7.39. The lowest BCUT2D eigenvalue weighted by molar-refractivity contribution is 0.0982. The number of nitriles is 1. The van der Waals surface area contributed by atoms with E-state index in [2.05, 4.69) is 14.8 Å². The summed E-state index contributed by atoms with van der Waals surface area (Å²) >= 11 is 0. The lowest BCUT2D eigenvalue weighted by atomic mass is 10.1. The molecule has 0 saturated heterocycles. The van der Waals surface area contributed by atoms with Crippen molar-refractivity contribution in [2.24, 2.45) is 0 Å². The zero-order valence-corrected chi connectivity index (χ0v) is 15.3. The second-order valence-electron chi connectivity index (χ2n) is 5.73. The molecule has 0 aliphatic rings. The third-order valence-corrected chi connectivity index (χ3v) is 4.32. The Morgan fingerprint density at radius 3 is 2.52 bits per heavy atom. The molecular formula is C18H15N5O3S. The van der Waals surface area contributed by atoms with Crippen molar-refractivity contribution in [1.82, 2.24) is 19.5 Å². The Morgan fingerprint density at radius 1 is 1.26 bits per heavy atom. The highest BCUT2D eigenvalue weighted by Gasteiger charge is 2.16. The van der Waals surface area contributed by atoms with E-state index in [0.717, 1.165) is 0 Å². The van der Waals surface area contributed by atoms with Crippen LogP contribution in [0, 0.1) is 18.3 Å². The Hall–Kier alpha value is -3.51. The third-order valence-electron chi connectivity index (χ3n) is 3.85. The average molecular weight is 381 g/mol. The second-order valence-corrected chi connectivity index (χ2v) is 6.84. The summed E-state index contributed by atoms with van der Waals surface area (Å²) in [6, 6.07) is 11.8. The van der Waals surface area contributed by atoms with Crippen molar-refractivity contribution >= 4 is 16.9 Å². The van der Waals surface area contributed by atoms with Gasteiger partial charge in [0.05, 0.1) is 22.8 Å². The number of nitrogens with zero attached hydrogens (tertiary/aromatic N) is 3. The summed E-state index contributed by atoms with van der Waals surface area (Å²) < 4.78 is 14.6. The number of rotatable bonds is 4. The van der Waals surface area contributed by atoms with Gasteiger partial charge in [0.15, 0.2) is 5.82 Å². The highest BCUT2D eigenvalue weighted by molar-refractivity contribution is 7.82. The Morgan fingerprint density at radius 2 is 1.96 bits per heavy atom. The maximum atomic E-state index is 12.8. The van der Waals surface area contributed by atoms with E-state index in [1.807, 2.05) is 6.07 Å². The van der Waals surface area contributed by atoms with E-state index in [0.29, 0.717) is 28.2 Å². The quantitative estimate of drug-likeness (QED) is 0.708. The van der Waals surface area contributed by atoms with Gasteiger partial charge in [-0.2, -0.15) is 5.26 Å². The van der Waals surface area contributed by atoms with Crippen LogP contribution in [0.3, 0.4) is 0 Å². The first-order chi connectivity index (χ1) is 12.9. The number of aromatic amines is 1. The number of pyridine rings is 1. The number of hydrogen-bond acceptors (Lipinski definition) is 5. The summed E-state index contributed by atoms with van der Waals surface area (Å²) in [4.78, 5) is 28.8. The van der Waals surface area contributed by atoms with Crippen LogP contribution in [0.1, 0.15) is 21.6 Å². The van der Waals surface area contributed by atoms with E-state index in [-0.39, 0.29) is 11.1 Å². The number of hydrogen-bond donors (Lipinski definition) is 2. The zero-order valence-electron chi connectivity index (χ0n) is 14.5. The third kappa shape index (κ3) is 3.70. The van der Waals surface area contributed by atoms with Crippen molar-refractivity contribution in [3.63, 3.8) is 0 Å². The van der Waals surface area contributed by atoms with E-state index in [4.69, 9.17) is 5.26 Å². The number of aromatic nitrogens is 3. The summed E-state index contributed by atoms with van der Waals surface area (Å²) in [5.41, 5.74) is 2.26. The van der Waals surface area contributed by atoms with Gasteiger partial charge in [-0.1, -0.05) is 12.1 Å². The summed E-state index contributed by atoms with van der Waals surface area (Å²) in [6.45, 7) is 1.77. The van der Waals surface area contributed by atoms with Gasteiger partial charge >= 0.3 is 0 Å². The molecule has 0 aliphatic heterocycles. The van der Waals surface area contributed by atoms with Crippen LogP contribution in [-0.4, -0.2) is 31.1 Å². The number of carbonyl (C=O) groups excluding carboxylic acids is 1. The van der Waals surface area contributed by atoms with Crippen LogP contribution in [0.25, 0.3) is 16.9 Å². The predicted molar refractivity (Wildman–Crippen MR) is 101 cm³/mol. The van der Waals surface area contributed by atoms with Crippen molar-refractivity contribution in [3.05, 3.63) is 69.8 Å². The van der Waals surface area contributed by atoms with Gasteiger partial charge in [-0.05, 0) is 36.8 Å². The molecule has 2 aromatic heterocycles. The fraction of sp³-hybridized carbons (Fsp3) is 0.111. The first-order valence-corrected chi connectivity index (χ1v) is 9.39. The Bertz CT molecular complexity index is 1120. The molecule has 8 nitrogen and oxygen atoms in total. The molecule has 1 atom stereocenters. The normalized spacial score (nSPS) is 11.6. The van der Waals surface area contributed by atoms with Gasteiger partial charge < -0.3 is 0 Å². The van der Waals surface area contributed by atoms with Crippen LogP contribution in [0.4, 0.5) is 0 Å². The first kappa shape index (κ1) is 18.3. The minimum Gasteiger partial charge on any atom is -0.293 e. The van der Waals surface area contributed by atoms with E-state index < -0.39 is 16.9 Å². The lowest BCUT2D eigenvalue weighted by Crippen LogP contribution is -2.25. The van der Waals surface area contributed by atoms with Gasteiger partial charge in [-0.3, -0.25) is 19.4 Å². The van der Waals surface area contributed by atoms with Crippen molar-refractivity contribution in [3.8, 4) is 23.0 Å². The van der Waals surface area contributed by atoms with Gasteiger partial charge in [-0.15, -0.1) is 0 Å². The number of nitrogens with one attached hydrogen (secondary N) is 2. The summed E-state index contributed by atoms with van der Waals surface area (Å²) in [5, 5.41) is 11.9. The van der Waals surface area contributed by atoms with Crippen molar-refractivity contribution in [2.75, 3.05) is 6.26 Å². The standard InChI is InChI=1S/C18H15N5O3S/c1-11-16(13-5-3-12(9-19)4-6-13)18(25)23(21-11)15-8-7-14(10-20-15)17(24)22-27(2)26/h3-8,10,21H,1-2H3,(H,22,24). The van der Waals surface area contributed by atoms with E-state index in [1.165, 1.54) is 29.3 Å². The van der Waals surface area contributed by atoms with Crippen LogP contribution < -0.4 is 10.3 Å². The number of aryl methyl sites for hydroxylation is 1. The Kier molecular flexibility index (Phi) is 5.00. The van der Waals surface area contributed by atoms with Gasteiger partial charge in [0.25, 0.3) is 11.5 Å². The van der Waals surface area contributed by atoms with Gasteiger partial charge in [0.2, 0.25) is 0 Å². The fourth-order valence-corrected chi connectivity index (χ4v) is 2.98. The molecule has 0 spiro atoms. The molecule has 1 unspecified atom stereocenters. The molecule has 2 heterocycles. The van der Waals surface area contributed by atoms with E-state index in [9.17, 15) is 13.8 Å². The summed E-state index contributed by atoms with van der Waals surface area (Å²) in [7, 11) is -1.47. The minimum absolute atomic E-state index is 0.234. The molecule has 0 fully saturated rings. The van der Waals surface area contributed by atoms with Crippen LogP contribution >= 0.6 is 0 Å². The minimum atomic E-state index is -1.47. The molecule has 9 heteroatoms. The largest absolute Gasteiger partial charge is 0.293 e. The summed E-state index contributed by atoms with van der Waals surface area (Å²) in [6.07, 6.45) is 2.66. The molecule has 0 bridgehead atoms. The Labute approximate surface area is 157 Å². The van der Waals surface area contributed by atoms with Gasteiger partial charge in [-0.25, -0.2) is 13.9 Å². The van der Waals surface area contributed by atoms with Crippen LogP contribution in [-0.2, 0) is 11.0 Å². The topological polar surface area (TPSA) is 121 Å². The maximum Gasteiger partial charge on any atom is 0.280 e. The smallest absolute Gasteiger partial charge is 0.280 e. The molecule has 3 aromatic rings. The highest BCUT2D eigenvalue weighted by Crippen LogP contribution is 2.20. The number of H-pyrrole nitrogens is 1. The highest BCUT2D eigenvalue weighted by atomic mass is 32.2. The molecule has 27 heavy (non-hydrogen) atoms. The number of benzene rings is 1. The van der Waals surface area contributed by atoms with Gasteiger partial charge in [0.1, 0.15) is 11.0 Å². The molecule has 1 aromatic carbocycles. The monoisotopic (exact) mass is 381 g/mol.